The summed E-state index contributed by atoms with van der Waals surface area (Å²) in [6.45, 7) is 2.03. The zero-order chi connectivity index (χ0) is 17.6. The predicted octanol–water partition coefficient (Wildman–Crippen LogP) is 3.54. The monoisotopic (exact) mass is 375 g/mol. The highest BCUT2D eigenvalue weighted by atomic mass is 32.2. The van der Waals surface area contributed by atoms with Crippen LogP contribution in [0.5, 0.6) is 0 Å². The van der Waals surface area contributed by atoms with Crippen LogP contribution in [0.2, 0.25) is 0 Å². The minimum absolute atomic E-state index is 0.0319. The molecule has 4 nitrogen and oxygen atoms in total. The molecule has 1 amide bonds. The van der Waals surface area contributed by atoms with Gasteiger partial charge in [-0.1, -0.05) is 42.1 Å². The summed E-state index contributed by atoms with van der Waals surface area (Å²) in [5.74, 6) is -0.0319. The zero-order valence-electron chi connectivity index (χ0n) is 14.5. The molecular weight excluding hydrogens is 350 g/mol. The number of hydrogen-bond donors (Lipinski definition) is 2. The Morgan fingerprint density at radius 3 is 2.68 bits per heavy atom. The Balaban J connectivity index is 1.41. The fraction of sp³-hybridized carbons (Fsp3) is 0.474. The minimum Gasteiger partial charge on any atom is -0.352 e. The van der Waals surface area contributed by atoms with Gasteiger partial charge in [0.25, 0.3) is 0 Å². The Bertz CT molecular complexity index is 681. The highest BCUT2D eigenvalue weighted by molar-refractivity contribution is 8.01. The van der Waals surface area contributed by atoms with E-state index in [-0.39, 0.29) is 11.9 Å². The van der Waals surface area contributed by atoms with Gasteiger partial charge in [-0.25, -0.2) is 4.98 Å². The first-order chi connectivity index (χ1) is 12.1. The summed E-state index contributed by atoms with van der Waals surface area (Å²) in [6.07, 6.45) is 4.85. The predicted molar refractivity (Wildman–Crippen MR) is 105 cm³/mol. The molecule has 1 atom stereocenters. The Morgan fingerprint density at radius 2 is 2.04 bits per heavy atom. The number of nitrogens with zero attached hydrogens (tertiary/aromatic N) is 1. The number of rotatable bonds is 6. The van der Waals surface area contributed by atoms with Crippen molar-refractivity contribution in [2.45, 2.75) is 60.7 Å². The van der Waals surface area contributed by atoms with Crippen molar-refractivity contribution in [2.24, 2.45) is 5.73 Å². The maximum atomic E-state index is 12.3. The largest absolute Gasteiger partial charge is 0.352 e. The smallest absolute Gasteiger partial charge is 0.237 e. The van der Waals surface area contributed by atoms with Crippen molar-refractivity contribution in [1.29, 1.82) is 0 Å². The number of thiazole rings is 1. The van der Waals surface area contributed by atoms with Crippen LogP contribution in [0, 0.1) is 6.92 Å². The average molecular weight is 376 g/mol. The first-order valence-corrected chi connectivity index (χ1v) is 10.5. The van der Waals surface area contributed by atoms with Crippen molar-refractivity contribution in [2.75, 3.05) is 0 Å². The molecule has 1 saturated carbocycles. The third-order valence-electron chi connectivity index (χ3n) is 4.52. The molecule has 1 unspecified atom stereocenters. The number of aryl methyl sites for hydroxylation is 1. The summed E-state index contributed by atoms with van der Waals surface area (Å²) >= 11 is 3.61. The quantitative estimate of drug-likeness (QED) is 0.810. The van der Waals surface area contributed by atoms with Gasteiger partial charge in [0.1, 0.15) is 4.34 Å². The van der Waals surface area contributed by atoms with Gasteiger partial charge in [0.05, 0.1) is 6.04 Å². The second-order valence-corrected chi connectivity index (χ2v) is 9.06. The lowest BCUT2D eigenvalue weighted by molar-refractivity contribution is -0.123. The van der Waals surface area contributed by atoms with Crippen molar-refractivity contribution >= 4 is 29.0 Å². The number of carbonyl (C=O) groups excluding carboxylic acids is 1. The molecule has 0 aliphatic heterocycles. The maximum Gasteiger partial charge on any atom is 0.237 e. The summed E-state index contributed by atoms with van der Waals surface area (Å²) in [5.41, 5.74) is 8.27. The van der Waals surface area contributed by atoms with Gasteiger partial charge in [-0.3, -0.25) is 4.79 Å². The lowest BCUT2D eigenvalue weighted by Crippen LogP contribution is -2.47. The highest BCUT2D eigenvalue weighted by Crippen LogP contribution is 2.35. The molecule has 3 N–H and O–H groups in total. The van der Waals surface area contributed by atoms with E-state index >= 15 is 0 Å². The SMILES string of the molecule is Cc1csc(SC2CCC(NC(=O)C(N)Cc3ccccc3)CC2)n1. The van der Waals surface area contributed by atoms with E-state index in [4.69, 9.17) is 5.73 Å². The molecule has 0 saturated heterocycles. The summed E-state index contributed by atoms with van der Waals surface area (Å²) in [6, 6.07) is 9.72. The molecule has 6 heteroatoms. The third-order valence-corrected chi connectivity index (χ3v) is 6.95. The Kier molecular flexibility index (Phi) is 6.51. The topological polar surface area (TPSA) is 68.0 Å². The van der Waals surface area contributed by atoms with E-state index in [0.717, 1.165) is 41.3 Å². The van der Waals surface area contributed by atoms with Crippen molar-refractivity contribution < 1.29 is 4.79 Å². The molecule has 1 aromatic carbocycles. The van der Waals surface area contributed by atoms with Crippen LogP contribution in [0.3, 0.4) is 0 Å². The Hall–Kier alpha value is -1.37. The van der Waals surface area contributed by atoms with Gasteiger partial charge in [-0.2, -0.15) is 0 Å². The van der Waals surface area contributed by atoms with Crippen LogP contribution in [0.25, 0.3) is 0 Å². The van der Waals surface area contributed by atoms with Crippen molar-refractivity contribution in [3.8, 4) is 0 Å². The van der Waals surface area contributed by atoms with Gasteiger partial charge in [-0.15, -0.1) is 11.3 Å². The molecule has 2 aromatic rings. The molecule has 1 heterocycles. The number of nitrogens with two attached hydrogens (primary N) is 1. The summed E-state index contributed by atoms with van der Waals surface area (Å²) in [7, 11) is 0. The van der Waals surface area contributed by atoms with E-state index in [9.17, 15) is 4.79 Å². The van der Waals surface area contributed by atoms with Crippen LogP contribution in [-0.4, -0.2) is 28.2 Å². The number of nitrogens with one attached hydrogen (secondary N) is 1. The van der Waals surface area contributed by atoms with Gasteiger partial charge < -0.3 is 11.1 Å². The first-order valence-electron chi connectivity index (χ1n) is 8.79. The molecular formula is C19H25N3OS2. The number of aromatic nitrogens is 1. The standard InChI is InChI=1S/C19H25N3OS2/c1-13-12-24-19(21-13)25-16-9-7-15(8-10-16)22-18(23)17(20)11-14-5-3-2-4-6-14/h2-6,12,15-17H,7-11,20H2,1H3,(H,22,23). The molecule has 25 heavy (non-hydrogen) atoms. The van der Waals surface area contributed by atoms with E-state index in [1.54, 1.807) is 11.3 Å². The van der Waals surface area contributed by atoms with E-state index in [1.807, 2.05) is 49.0 Å². The van der Waals surface area contributed by atoms with Crippen LogP contribution in [0.1, 0.15) is 36.9 Å². The van der Waals surface area contributed by atoms with Gasteiger partial charge in [0.2, 0.25) is 5.91 Å². The summed E-state index contributed by atoms with van der Waals surface area (Å²) in [5, 5.41) is 5.85. The number of hydrogen-bond acceptors (Lipinski definition) is 5. The third kappa shape index (κ3) is 5.56. The molecule has 0 bridgehead atoms. The molecule has 1 aliphatic carbocycles. The van der Waals surface area contributed by atoms with Gasteiger partial charge >= 0.3 is 0 Å². The molecule has 3 rings (SSSR count). The molecule has 134 valence electrons. The van der Waals surface area contributed by atoms with E-state index in [1.165, 1.54) is 0 Å². The van der Waals surface area contributed by atoms with Crippen LogP contribution in [0.15, 0.2) is 40.1 Å². The Labute approximate surface area is 157 Å². The second-order valence-electron chi connectivity index (χ2n) is 6.65. The van der Waals surface area contributed by atoms with Crippen LogP contribution < -0.4 is 11.1 Å². The van der Waals surface area contributed by atoms with Crippen LogP contribution >= 0.6 is 23.1 Å². The fourth-order valence-electron chi connectivity index (χ4n) is 3.12. The van der Waals surface area contributed by atoms with Gasteiger partial charge in [0, 0.05) is 22.4 Å². The average Bonchev–Trinajstić information content (AvgIpc) is 3.02. The molecule has 0 spiro atoms. The van der Waals surface area contributed by atoms with Crippen LogP contribution in [-0.2, 0) is 11.2 Å². The van der Waals surface area contributed by atoms with E-state index in [2.05, 4.69) is 15.7 Å². The van der Waals surface area contributed by atoms with E-state index < -0.39 is 6.04 Å². The molecule has 1 aromatic heterocycles. The van der Waals surface area contributed by atoms with E-state index in [0.29, 0.717) is 11.7 Å². The number of thioether (sulfide) groups is 1. The molecule has 1 fully saturated rings. The normalized spacial score (nSPS) is 21.7. The molecule has 0 radical (unpaired) electrons. The van der Waals surface area contributed by atoms with Crippen molar-refractivity contribution in [1.82, 2.24) is 10.3 Å². The first kappa shape index (κ1) is 18.4. The number of amides is 1. The lowest BCUT2D eigenvalue weighted by Gasteiger charge is -2.29. The maximum absolute atomic E-state index is 12.3. The van der Waals surface area contributed by atoms with Crippen molar-refractivity contribution in [3.63, 3.8) is 0 Å². The van der Waals surface area contributed by atoms with Crippen molar-refractivity contribution in [3.05, 3.63) is 47.0 Å². The number of carbonyl (C=O) groups is 1. The molecule has 1 aliphatic rings. The van der Waals surface area contributed by atoms with Crippen LogP contribution in [0.4, 0.5) is 0 Å². The lowest BCUT2D eigenvalue weighted by atomic mass is 9.94. The minimum atomic E-state index is -0.479. The second kappa shape index (κ2) is 8.83. The highest BCUT2D eigenvalue weighted by Gasteiger charge is 2.25. The zero-order valence-corrected chi connectivity index (χ0v) is 16.1. The summed E-state index contributed by atoms with van der Waals surface area (Å²) < 4.78 is 1.16. The number of benzene rings is 1. The van der Waals surface area contributed by atoms with Gasteiger partial charge in [0.15, 0.2) is 0 Å². The fourth-order valence-corrected chi connectivity index (χ4v) is 5.41. The summed E-state index contributed by atoms with van der Waals surface area (Å²) in [4.78, 5) is 16.9. The Morgan fingerprint density at radius 1 is 1.32 bits per heavy atom. The van der Waals surface area contributed by atoms with Gasteiger partial charge in [-0.05, 0) is 44.6 Å².